The second kappa shape index (κ2) is 24.3. The Balaban J connectivity index is 0.000000139. The van der Waals surface area contributed by atoms with E-state index < -0.39 is 0 Å². The van der Waals surface area contributed by atoms with Crippen LogP contribution in [0, 0.1) is 0 Å². The zero-order valence-electron chi connectivity index (χ0n) is 56.9. The van der Waals surface area contributed by atoms with Crippen LogP contribution in [0.25, 0.3) is 199 Å². The van der Waals surface area contributed by atoms with Crippen LogP contribution >= 0.6 is 0 Å². The fraction of sp³-hybridized carbons (Fsp3) is 0.0309. The first-order valence-corrected chi connectivity index (χ1v) is 35.4. The fourth-order valence-corrected chi connectivity index (χ4v) is 16.0. The summed E-state index contributed by atoms with van der Waals surface area (Å²) in [6.45, 7) is 4.70. The summed E-state index contributed by atoms with van der Waals surface area (Å²) in [7, 11) is 0. The van der Waals surface area contributed by atoms with Gasteiger partial charge in [0.2, 0.25) is 0 Å². The van der Waals surface area contributed by atoms with Gasteiger partial charge in [0.05, 0.1) is 0 Å². The summed E-state index contributed by atoms with van der Waals surface area (Å²) in [6.07, 6.45) is 0. The third kappa shape index (κ3) is 10.2. The predicted octanol–water partition coefficient (Wildman–Crippen LogP) is 25.4. The first-order chi connectivity index (χ1) is 51.3. The van der Waals surface area contributed by atoms with Crippen LogP contribution < -0.4 is 0 Å². The number of hydrogen-bond donors (Lipinski definition) is 0. The van der Waals surface area contributed by atoms with Gasteiger partial charge in [0, 0.05) is 60.3 Å². The van der Waals surface area contributed by atoms with Gasteiger partial charge in [-0.2, -0.15) is 0 Å². The van der Waals surface area contributed by atoms with Gasteiger partial charge in [-0.25, -0.2) is 29.9 Å². The van der Waals surface area contributed by atoms with Crippen molar-refractivity contribution in [2.24, 2.45) is 0 Å². The molecule has 0 spiro atoms. The molecule has 0 aliphatic heterocycles. The van der Waals surface area contributed by atoms with Crippen LogP contribution in [0.1, 0.15) is 25.0 Å². The molecule has 1 aliphatic rings. The number of aromatic nitrogens is 6. The Labute approximate surface area is 599 Å². The highest BCUT2D eigenvalue weighted by Crippen LogP contribution is 2.51. The molecule has 3 aromatic heterocycles. The van der Waals surface area contributed by atoms with Gasteiger partial charge in [0.25, 0.3) is 0 Å². The predicted molar refractivity (Wildman–Crippen MR) is 431 cm³/mol. The molecule has 0 saturated heterocycles. The van der Waals surface area contributed by atoms with E-state index in [1.54, 1.807) is 0 Å². The molecule has 17 aromatic carbocycles. The van der Waals surface area contributed by atoms with Crippen LogP contribution in [0.2, 0.25) is 0 Å². The van der Waals surface area contributed by atoms with E-state index in [2.05, 4.69) is 226 Å². The number of fused-ring (bicyclic) bond motifs is 18. The molecule has 20 aromatic rings. The topological polar surface area (TPSA) is 90.5 Å². The van der Waals surface area contributed by atoms with Crippen molar-refractivity contribution in [2.45, 2.75) is 19.3 Å². The first kappa shape index (κ1) is 60.3. The van der Waals surface area contributed by atoms with E-state index in [-0.39, 0.29) is 5.41 Å². The maximum atomic E-state index is 6.56. The normalized spacial score (nSPS) is 12.4. The van der Waals surface area contributed by atoms with Crippen molar-refractivity contribution in [1.82, 2.24) is 29.9 Å². The summed E-state index contributed by atoms with van der Waals surface area (Å²) in [5, 5.41) is 19.3. The minimum Gasteiger partial charge on any atom is -0.455 e. The number of para-hydroxylation sites is 1. The third-order valence-corrected chi connectivity index (χ3v) is 21.2. The average Bonchev–Trinajstić information content (AvgIpc) is 1.44. The molecule has 21 rings (SSSR count). The smallest absolute Gasteiger partial charge is 0.164 e. The standard InChI is InChI=1S/C49H29N3O.C48H33N3/c1-3-11-32(12-4-1)47-50-48(33-13-5-2-6-14-33)52-49(51-47)42-28-27-36(38-15-7-8-16-39(38)42)34-24-25-37-35(29-34)22-21-30-19-20-31-23-26-41-40-17-9-10-18-43(40)53-46(41)45(31)44(30)37;1-48(2)42-19-10-9-18-39(42)41-29-40-36(28-43(41)48)23-21-30-20-22-35-26-34(24-25-38(35)44(30)40)33-16-11-17-37(27-33)47-50-45(31-12-5-3-6-13-31)49-46(51-47)32-14-7-4-8-15-32/h1-29H;3-29H,1-2H3. The Hall–Kier alpha value is -13.6. The Bertz CT molecular complexity index is 6760. The first-order valence-electron chi connectivity index (χ1n) is 35.4. The van der Waals surface area contributed by atoms with Crippen molar-refractivity contribution in [3.05, 3.63) is 351 Å². The molecule has 3 heterocycles. The molecule has 0 fully saturated rings. The summed E-state index contributed by atoms with van der Waals surface area (Å²) < 4.78 is 6.56. The number of nitrogens with zero attached hydrogens (tertiary/aromatic N) is 6. The highest BCUT2D eigenvalue weighted by Gasteiger charge is 2.35. The van der Waals surface area contributed by atoms with E-state index >= 15 is 0 Å². The van der Waals surface area contributed by atoms with Crippen molar-refractivity contribution in [3.8, 4) is 102 Å². The van der Waals surface area contributed by atoms with Crippen molar-refractivity contribution in [3.63, 3.8) is 0 Å². The molecule has 1 aliphatic carbocycles. The van der Waals surface area contributed by atoms with Gasteiger partial charge in [-0.15, -0.1) is 0 Å². The summed E-state index contributed by atoms with van der Waals surface area (Å²) >= 11 is 0. The average molecular weight is 1330 g/mol. The summed E-state index contributed by atoms with van der Waals surface area (Å²) in [4.78, 5) is 29.8. The lowest BCUT2D eigenvalue weighted by atomic mass is 9.81. The maximum Gasteiger partial charge on any atom is 0.164 e. The zero-order valence-corrected chi connectivity index (χ0v) is 56.9. The summed E-state index contributed by atoms with van der Waals surface area (Å²) in [5.41, 5.74) is 17.7. The van der Waals surface area contributed by atoms with Gasteiger partial charge in [-0.3, -0.25) is 0 Å². The minimum atomic E-state index is -0.0230. The second-order valence-electron chi connectivity index (χ2n) is 27.6. The van der Waals surface area contributed by atoms with Crippen LogP contribution in [0.3, 0.4) is 0 Å². The Kier molecular flexibility index (Phi) is 14.1. The van der Waals surface area contributed by atoms with Gasteiger partial charge in [0.1, 0.15) is 11.2 Å². The molecule has 104 heavy (non-hydrogen) atoms. The van der Waals surface area contributed by atoms with Gasteiger partial charge < -0.3 is 4.42 Å². The minimum absolute atomic E-state index is 0.0230. The third-order valence-electron chi connectivity index (χ3n) is 21.2. The van der Waals surface area contributed by atoms with E-state index in [1.807, 2.05) is 127 Å². The summed E-state index contributed by atoms with van der Waals surface area (Å²) in [6, 6.07) is 120. The number of rotatable bonds is 8. The van der Waals surface area contributed by atoms with Crippen LogP contribution in [0.15, 0.2) is 344 Å². The largest absolute Gasteiger partial charge is 0.455 e. The zero-order chi connectivity index (χ0) is 69.0. The van der Waals surface area contributed by atoms with E-state index in [9.17, 15) is 0 Å². The Morgan fingerprint density at radius 1 is 0.212 bits per heavy atom. The van der Waals surface area contributed by atoms with Gasteiger partial charge >= 0.3 is 0 Å². The van der Waals surface area contributed by atoms with Crippen LogP contribution in [0.5, 0.6) is 0 Å². The van der Waals surface area contributed by atoms with Crippen LogP contribution in [0.4, 0.5) is 0 Å². The van der Waals surface area contributed by atoms with E-state index in [0.717, 1.165) is 93.7 Å². The number of benzene rings is 17. The van der Waals surface area contributed by atoms with Crippen LogP contribution in [-0.4, -0.2) is 29.9 Å². The van der Waals surface area contributed by atoms with Crippen molar-refractivity contribution in [2.75, 3.05) is 0 Å². The lowest BCUT2D eigenvalue weighted by Gasteiger charge is -2.22. The molecule has 7 heteroatoms. The number of furan rings is 1. The SMILES string of the molecule is CC1(C)c2ccccc2-c2cc3c(ccc4ccc5cc(-c6cccc(-c7nc(-c8ccccc8)nc(-c8ccccc8)n7)c6)ccc5c43)cc21.c1ccc(-c2nc(-c3ccccc3)nc(-c3ccc(-c4ccc5c(ccc6ccc7ccc8c9ccccc9oc8c7c65)c4)c4ccccc34)n2)cc1. The molecule has 0 saturated carbocycles. The molecule has 7 nitrogen and oxygen atoms in total. The van der Waals surface area contributed by atoms with E-state index in [1.165, 1.54) is 81.5 Å². The van der Waals surface area contributed by atoms with E-state index in [0.29, 0.717) is 34.9 Å². The molecule has 0 N–H and O–H groups in total. The maximum absolute atomic E-state index is 6.56. The molecule has 0 bridgehead atoms. The Morgan fingerprint density at radius 3 is 1.24 bits per heavy atom. The summed E-state index contributed by atoms with van der Waals surface area (Å²) in [5.74, 6) is 3.92. The van der Waals surface area contributed by atoms with E-state index in [4.69, 9.17) is 34.3 Å². The van der Waals surface area contributed by atoms with Crippen molar-refractivity contribution in [1.29, 1.82) is 0 Å². The molecule has 486 valence electrons. The quantitative estimate of drug-likeness (QED) is 0.140. The van der Waals surface area contributed by atoms with Crippen LogP contribution in [-0.2, 0) is 5.41 Å². The lowest BCUT2D eigenvalue weighted by Crippen LogP contribution is -2.14. The molecular weight excluding hydrogens is 1270 g/mol. The molecule has 0 amide bonds. The molecule has 0 atom stereocenters. The highest BCUT2D eigenvalue weighted by atomic mass is 16.3. The second-order valence-corrected chi connectivity index (χ2v) is 27.6. The lowest BCUT2D eigenvalue weighted by molar-refractivity contribution is 0.661. The van der Waals surface area contributed by atoms with Crippen molar-refractivity contribution < 1.29 is 4.42 Å². The van der Waals surface area contributed by atoms with Gasteiger partial charge in [-0.05, 0) is 158 Å². The highest BCUT2D eigenvalue weighted by molar-refractivity contribution is 6.29. The van der Waals surface area contributed by atoms with Gasteiger partial charge in [0.15, 0.2) is 34.9 Å². The monoisotopic (exact) mass is 1330 g/mol. The van der Waals surface area contributed by atoms with Crippen molar-refractivity contribution >= 4 is 97.3 Å². The number of hydrogen-bond acceptors (Lipinski definition) is 7. The molecule has 0 radical (unpaired) electrons. The molecule has 0 unspecified atom stereocenters. The fourth-order valence-electron chi connectivity index (χ4n) is 16.0. The Morgan fingerprint density at radius 2 is 0.625 bits per heavy atom. The molecular formula is C97H62N6O. The van der Waals surface area contributed by atoms with Gasteiger partial charge in [-0.1, -0.05) is 305 Å².